The summed E-state index contributed by atoms with van der Waals surface area (Å²) in [6.45, 7) is 1.68. The highest BCUT2D eigenvalue weighted by Gasteiger charge is 2.23. The van der Waals surface area contributed by atoms with Crippen LogP contribution in [0.3, 0.4) is 0 Å². The average Bonchev–Trinajstić information content (AvgIpc) is 2.78. The quantitative estimate of drug-likeness (QED) is 0.905. The lowest BCUT2D eigenvalue weighted by molar-refractivity contribution is -0.136. The fraction of sp³-hybridized carbons (Fsp3) is 0.286. The van der Waals surface area contributed by atoms with E-state index in [9.17, 15) is 4.79 Å². The van der Waals surface area contributed by atoms with Crippen LogP contribution < -0.4 is 5.32 Å². The van der Waals surface area contributed by atoms with Crippen LogP contribution in [0.25, 0.3) is 11.3 Å². The van der Waals surface area contributed by atoms with Gasteiger partial charge in [-0.1, -0.05) is 34.1 Å². The van der Waals surface area contributed by atoms with E-state index >= 15 is 0 Å². The fourth-order valence-corrected chi connectivity index (χ4v) is 2.96. The van der Waals surface area contributed by atoms with Crippen molar-refractivity contribution in [2.75, 3.05) is 11.9 Å². The largest absolute Gasteiger partial charge is 0.481 e. The molecule has 0 spiro atoms. The Hall–Kier alpha value is -1.82. The van der Waals surface area contributed by atoms with Crippen LogP contribution in [-0.4, -0.2) is 27.2 Å². The molecular weight excluding hydrogens is 322 g/mol. The third-order valence-corrected chi connectivity index (χ3v) is 4.05. The summed E-state index contributed by atoms with van der Waals surface area (Å²) >= 11 is 3.51. The number of imidazole rings is 1. The Balaban J connectivity index is 2.17. The average molecular weight is 336 g/mol. The van der Waals surface area contributed by atoms with Crippen molar-refractivity contribution in [1.29, 1.82) is 0 Å². The summed E-state index contributed by atoms with van der Waals surface area (Å²) in [5.41, 5.74) is 2.42. The van der Waals surface area contributed by atoms with Gasteiger partial charge in [-0.2, -0.15) is 0 Å². The lowest BCUT2D eigenvalue weighted by Gasteiger charge is -2.17. The minimum Gasteiger partial charge on any atom is -0.481 e. The highest BCUT2D eigenvalue weighted by molar-refractivity contribution is 9.10. The van der Waals surface area contributed by atoms with Gasteiger partial charge in [0, 0.05) is 23.1 Å². The molecule has 0 atom stereocenters. The molecular formula is C14H14BrN3O2. The van der Waals surface area contributed by atoms with E-state index in [4.69, 9.17) is 5.11 Å². The minimum absolute atomic E-state index is 0.0225. The fourth-order valence-electron chi connectivity index (χ4n) is 2.49. The Bertz CT molecular complexity index is 666. The number of hydrogen-bond acceptors (Lipinski definition) is 3. The lowest BCUT2D eigenvalue weighted by Crippen LogP contribution is -2.19. The number of benzene rings is 1. The number of aromatic nitrogens is 2. The summed E-state index contributed by atoms with van der Waals surface area (Å²) in [6, 6.07) is 7.74. The Morgan fingerprint density at radius 1 is 1.45 bits per heavy atom. The van der Waals surface area contributed by atoms with E-state index in [1.165, 1.54) is 0 Å². The molecule has 3 rings (SSSR count). The topological polar surface area (TPSA) is 67.1 Å². The number of anilines is 1. The van der Waals surface area contributed by atoms with Gasteiger partial charge >= 0.3 is 5.97 Å². The van der Waals surface area contributed by atoms with E-state index in [-0.39, 0.29) is 6.42 Å². The van der Waals surface area contributed by atoms with E-state index in [0.29, 0.717) is 0 Å². The first kappa shape index (κ1) is 13.2. The van der Waals surface area contributed by atoms with Crippen molar-refractivity contribution in [2.24, 2.45) is 0 Å². The molecule has 1 aromatic carbocycles. The number of carbonyl (C=O) groups is 1. The monoisotopic (exact) mass is 335 g/mol. The van der Waals surface area contributed by atoms with E-state index in [0.717, 1.165) is 46.9 Å². The number of aliphatic carboxylic acids is 1. The number of carboxylic acid groups (broad SMARTS) is 1. The van der Waals surface area contributed by atoms with Crippen LogP contribution in [0.5, 0.6) is 0 Å². The molecule has 0 aliphatic carbocycles. The van der Waals surface area contributed by atoms with Crippen molar-refractivity contribution in [1.82, 2.24) is 9.55 Å². The molecule has 0 amide bonds. The van der Waals surface area contributed by atoms with Crippen molar-refractivity contribution in [3.05, 3.63) is 34.4 Å². The van der Waals surface area contributed by atoms with Crippen LogP contribution in [0, 0.1) is 0 Å². The number of halogens is 1. The second-order valence-electron chi connectivity index (χ2n) is 4.71. The molecule has 0 fully saturated rings. The van der Waals surface area contributed by atoms with Crippen molar-refractivity contribution in [2.45, 2.75) is 19.4 Å². The van der Waals surface area contributed by atoms with Gasteiger partial charge in [-0.3, -0.25) is 4.79 Å². The number of fused-ring (bicyclic) bond motifs is 1. The molecule has 2 aromatic rings. The molecule has 0 saturated heterocycles. The van der Waals surface area contributed by atoms with Crippen molar-refractivity contribution in [3.8, 4) is 11.3 Å². The van der Waals surface area contributed by atoms with Crippen LogP contribution >= 0.6 is 15.9 Å². The predicted molar refractivity (Wildman–Crippen MR) is 79.8 cm³/mol. The predicted octanol–water partition coefficient (Wildman–Crippen LogP) is 2.76. The summed E-state index contributed by atoms with van der Waals surface area (Å²) in [5.74, 6) is -0.0789. The van der Waals surface area contributed by atoms with E-state index in [1.54, 1.807) is 0 Å². The second-order valence-corrected chi connectivity index (χ2v) is 5.57. The van der Waals surface area contributed by atoms with Crippen molar-refractivity contribution in [3.63, 3.8) is 0 Å². The van der Waals surface area contributed by atoms with Crippen molar-refractivity contribution < 1.29 is 9.90 Å². The summed E-state index contributed by atoms with van der Waals surface area (Å²) in [5, 5.41) is 12.4. The molecule has 6 heteroatoms. The van der Waals surface area contributed by atoms with Crippen LogP contribution in [0.1, 0.15) is 12.1 Å². The van der Waals surface area contributed by atoms with E-state index < -0.39 is 5.97 Å². The SMILES string of the molecule is O=C(O)Cc1c(-c2ccccc2Br)nc2n1CCCN2. The maximum absolute atomic E-state index is 11.1. The standard InChI is InChI=1S/C14H14BrN3O2/c15-10-5-2-1-4-9(10)13-11(8-12(19)20)18-7-3-6-16-14(18)17-13/h1-2,4-5H,3,6-8H2,(H,16,17)(H,19,20). The summed E-state index contributed by atoms with van der Waals surface area (Å²) in [6.07, 6.45) is 0.955. The second kappa shape index (κ2) is 5.28. The maximum atomic E-state index is 11.1. The molecule has 1 aliphatic heterocycles. The minimum atomic E-state index is -0.841. The first-order valence-electron chi connectivity index (χ1n) is 6.47. The molecule has 104 valence electrons. The van der Waals surface area contributed by atoms with E-state index in [2.05, 4.69) is 26.2 Å². The molecule has 1 aromatic heterocycles. The number of carboxylic acids is 1. The number of nitrogens with one attached hydrogen (secondary N) is 1. The zero-order chi connectivity index (χ0) is 14.1. The molecule has 2 N–H and O–H groups in total. The Morgan fingerprint density at radius 3 is 3.00 bits per heavy atom. The molecule has 1 aliphatic rings. The van der Waals surface area contributed by atoms with Gasteiger partial charge < -0.3 is 15.0 Å². The number of nitrogens with zero attached hydrogens (tertiary/aromatic N) is 2. The van der Waals surface area contributed by atoms with E-state index in [1.807, 2.05) is 28.8 Å². The number of rotatable bonds is 3. The molecule has 0 bridgehead atoms. The molecule has 0 saturated carbocycles. The van der Waals surface area contributed by atoms with Crippen molar-refractivity contribution >= 4 is 27.8 Å². The maximum Gasteiger partial charge on any atom is 0.309 e. The smallest absolute Gasteiger partial charge is 0.309 e. The molecule has 20 heavy (non-hydrogen) atoms. The van der Waals surface area contributed by atoms with Gasteiger partial charge in [0.05, 0.1) is 17.8 Å². The zero-order valence-corrected chi connectivity index (χ0v) is 12.4. The normalized spacial score (nSPS) is 13.7. The van der Waals surface area contributed by atoms with Crippen LogP contribution in [0.4, 0.5) is 5.95 Å². The van der Waals surface area contributed by atoms with Gasteiger partial charge in [0.2, 0.25) is 5.95 Å². The van der Waals surface area contributed by atoms with Gasteiger partial charge in [0.1, 0.15) is 0 Å². The van der Waals surface area contributed by atoms with Gasteiger partial charge in [-0.05, 0) is 12.5 Å². The number of hydrogen-bond donors (Lipinski definition) is 2. The Morgan fingerprint density at radius 2 is 2.25 bits per heavy atom. The first-order valence-corrected chi connectivity index (χ1v) is 7.26. The molecule has 2 heterocycles. The Labute approximate surface area is 124 Å². The Kier molecular flexibility index (Phi) is 3.48. The highest BCUT2D eigenvalue weighted by atomic mass is 79.9. The van der Waals surface area contributed by atoms with Gasteiger partial charge in [-0.25, -0.2) is 4.98 Å². The van der Waals surface area contributed by atoms with Gasteiger partial charge in [-0.15, -0.1) is 0 Å². The summed E-state index contributed by atoms with van der Waals surface area (Å²) in [7, 11) is 0. The summed E-state index contributed by atoms with van der Waals surface area (Å²) < 4.78 is 2.90. The van der Waals surface area contributed by atoms with Crippen LogP contribution in [0.15, 0.2) is 28.7 Å². The van der Waals surface area contributed by atoms with Gasteiger partial charge in [0.15, 0.2) is 0 Å². The lowest BCUT2D eigenvalue weighted by atomic mass is 10.1. The highest BCUT2D eigenvalue weighted by Crippen LogP contribution is 2.33. The van der Waals surface area contributed by atoms with Gasteiger partial charge in [0.25, 0.3) is 0 Å². The molecule has 5 nitrogen and oxygen atoms in total. The molecule has 0 unspecified atom stereocenters. The zero-order valence-electron chi connectivity index (χ0n) is 10.8. The molecule has 0 radical (unpaired) electrons. The third-order valence-electron chi connectivity index (χ3n) is 3.36. The van der Waals surface area contributed by atoms with Crippen LogP contribution in [-0.2, 0) is 17.8 Å². The first-order chi connectivity index (χ1) is 9.66. The van der Waals surface area contributed by atoms with Crippen LogP contribution in [0.2, 0.25) is 0 Å². The third kappa shape index (κ3) is 2.31. The summed E-state index contributed by atoms with van der Waals surface area (Å²) in [4.78, 5) is 15.7.